The van der Waals surface area contributed by atoms with Gasteiger partial charge in [0.25, 0.3) is 0 Å². The lowest BCUT2D eigenvalue weighted by atomic mass is 10.0. The number of rotatable bonds is 4. The molecule has 0 aromatic heterocycles. The van der Waals surface area contributed by atoms with Crippen molar-refractivity contribution in [1.29, 1.82) is 0 Å². The van der Waals surface area contributed by atoms with E-state index in [4.69, 9.17) is 11.6 Å². The molecule has 86 valence electrons. The second-order valence-electron chi connectivity index (χ2n) is 3.80. The summed E-state index contributed by atoms with van der Waals surface area (Å²) in [5.74, 6) is 0.678. The molecule has 1 atom stereocenters. The molecule has 0 saturated heterocycles. The third-order valence-corrected chi connectivity index (χ3v) is 4.08. The average Bonchev–Trinajstić information content (AvgIpc) is 2.35. The molecule has 4 heteroatoms. The van der Waals surface area contributed by atoms with Gasteiger partial charge in [0.05, 0.1) is 5.92 Å². The van der Waals surface area contributed by atoms with Crippen LogP contribution in [0.4, 0.5) is 0 Å². The van der Waals surface area contributed by atoms with Crippen molar-refractivity contribution in [2.45, 2.75) is 17.2 Å². The summed E-state index contributed by atoms with van der Waals surface area (Å²) in [5, 5.41) is 0. The Bertz CT molecular complexity index is 372. The largest absolute Gasteiger partial charge is 0.303 e. The number of aldehydes is 1. The zero-order chi connectivity index (χ0) is 11.4. The van der Waals surface area contributed by atoms with Crippen molar-refractivity contribution < 1.29 is 4.79 Å². The van der Waals surface area contributed by atoms with Crippen LogP contribution in [0.25, 0.3) is 0 Å². The van der Waals surface area contributed by atoms with E-state index < -0.39 is 0 Å². The van der Waals surface area contributed by atoms with Gasteiger partial charge in [0.2, 0.25) is 0 Å². The number of fused-ring (bicyclic) bond motifs is 1. The van der Waals surface area contributed by atoms with Gasteiger partial charge in [-0.2, -0.15) is 0 Å². The highest BCUT2D eigenvalue weighted by Crippen LogP contribution is 2.36. The van der Waals surface area contributed by atoms with Crippen molar-refractivity contribution in [3.05, 3.63) is 29.8 Å². The van der Waals surface area contributed by atoms with E-state index in [1.165, 1.54) is 4.90 Å². The minimum atomic E-state index is 0.00720. The molecule has 0 spiro atoms. The summed E-state index contributed by atoms with van der Waals surface area (Å²) < 4.78 is 2.23. The smallest absolute Gasteiger partial charge is 0.128 e. The van der Waals surface area contributed by atoms with Gasteiger partial charge in [-0.3, -0.25) is 0 Å². The van der Waals surface area contributed by atoms with E-state index >= 15 is 0 Å². The lowest BCUT2D eigenvalue weighted by Gasteiger charge is -2.30. The van der Waals surface area contributed by atoms with E-state index in [2.05, 4.69) is 10.4 Å². The Kier molecular flexibility index (Phi) is 4.27. The van der Waals surface area contributed by atoms with Crippen LogP contribution in [0.3, 0.4) is 0 Å². The molecule has 0 radical (unpaired) electrons. The molecule has 1 heterocycles. The van der Waals surface area contributed by atoms with E-state index in [0.717, 1.165) is 31.4 Å². The van der Waals surface area contributed by atoms with Gasteiger partial charge in [0.1, 0.15) is 6.29 Å². The van der Waals surface area contributed by atoms with Crippen LogP contribution in [0, 0.1) is 0 Å². The molecule has 1 unspecified atom stereocenters. The fraction of sp³-hybridized carbons (Fsp3) is 0.417. The minimum absolute atomic E-state index is 0.00720. The maximum absolute atomic E-state index is 11.1. The van der Waals surface area contributed by atoms with Crippen LogP contribution in [0.1, 0.15) is 17.9 Å². The standard InChI is InChI=1S/C12H14ClNOS/c13-6-3-7-14-8-10(9-15)11-4-1-2-5-12(11)16-14/h1-2,4-5,9-10H,3,6-8H2. The van der Waals surface area contributed by atoms with Crippen LogP contribution in [-0.4, -0.2) is 29.6 Å². The van der Waals surface area contributed by atoms with Crippen molar-refractivity contribution in [3.63, 3.8) is 0 Å². The predicted molar refractivity (Wildman–Crippen MR) is 68.0 cm³/mol. The molecule has 16 heavy (non-hydrogen) atoms. The molecule has 0 bridgehead atoms. The second kappa shape index (κ2) is 5.71. The zero-order valence-corrected chi connectivity index (χ0v) is 10.5. The van der Waals surface area contributed by atoms with Crippen molar-refractivity contribution in [2.75, 3.05) is 19.0 Å². The van der Waals surface area contributed by atoms with Gasteiger partial charge >= 0.3 is 0 Å². The molecular weight excluding hydrogens is 242 g/mol. The number of alkyl halides is 1. The number of halogens is 1. The van der Waals surface area contributed by atoms with E-state index in [-0.39, 0.29) is 5.92 Å². The SMILES string of the molecule is O=CC1CN(CCCCl)Sc2ccccc21. The predicted octanol–water partition coefficient (Wildman–Crippen LogP) is 2.92. The summed E-state index contributed by atoms with van der Waals surface area (Å²) in [6.45, 7) is 1.73. The van der Waals surface area contributed by atoms with Crippen molar-refractivity contribution >= 4 is 29.8 Å². The van der Waals surface area contributed by atoms with Gasteiger partial charge in [0, 0.05) is 23.9 Å². The van der Waals surface area contributed by atoms with Gasteiger partial charge < -0.3 is 4.79 Å². The summed E-state index contributed by atoms with van der Waals surface area (Å²) in [6.07, 6.45) is 2.01. The van der Waals surface area contributed by atoms with Gasteiger partial charge in [0.15, 0.2) is 0 Å². The number of benzene rings is 1. The topological polar surface area (TPSA) is 20.3 Å². The number of carbonyl (C=O) groups is 1. The Hall–Kier alpha value is -0.510. The first-order valence-electron chi connectivity index (χ1n) is 5.38. The Balaban J connectivity index is 2.15. The molecule has 0 fully saturated rings. The molecule has 0 N–H and O–H groups in total. The molecule has 0 saturated carbocycles. The van der Waals surface area contributed by atoms with Crippen LogP contribution in [0.15, 0.2) is 29.2 Å². The lowest BCUT2D eigenvalue weighted by Crippen LogP contribution is -2.28. The number of nitrogens with zero attached hydrogens (tertiary/aromatic N) is 1. The molecule has 1 aromatic rings. The number of hydrogen-bond acceptors (Lipinski definition) is 3. The van der Waals surface area contributed by atoms with Crippen LogP contribution < -0.4 is 0 Å². The van der Waals surface area contributed by atoms with Gasteiger partial charge in [-0.15, -0.1) is 11.6 Å². The van der Waals surface area contributed by atoms with Crippen LogP contribution >= 0.6 is 23.5 Å². The summed E-state index contributed by atoms with van der Waals surface area (Å²) in [5.41, 5.74) is 1.16. The van der Waals surface area contributed by atoms with Gasteiger partial charge in [-0.25, -0.2) is 4.31 Å². The molecule has 2 nitrogen and oxygen atoms in total. The summed E-state index contributed by atoms with van der Waals surface area (Å²) in [7, 11) is 0. The molecule has 1 aliphatic rings. The summed E-state index contributed by atoms with van der Waals surface area (Å²) in [4.78, 5) is 12.3. The van der Waals surface area contributed by atoms with E-state index in [1.54, 1.807) is 11.9 Å². The van der Waals surface area contributed by atoms with Crippen molar-refractivity contribution in [1.82, 2.24) is 4.31 Å². The fourth-order valence-electron chi connectivity index (χ4n) is 1.85. The number of hydrogen-bond donors (Lipinski definition) is 0. The zero-order valence-electron chi connectivity index (χ0n) is 8.93. The monoisotopic (exact) mass is 255 g/mol. The second-order valence-corrected chi connectivity index (χ2v) is 5.32. The van der Waals surface area contributed by atoms with E-state index in [9.17, 15) is 4.79 Å². The van der Waals surface area contributed by atoms with E-state index in [0.29, 0.717) is 5.88 Å². The first-order chi connectivity index (χ1) is 7.85. The van der Waals surface area contributed by atoms with Crippen LogP contribution in [0.2, 0.25) is 0 Å². The first-order valence-corrected chi connectivity index (χ1v) is 6.69. The molecular formula is C12H14ClNOS. The summed E-state index contributed by atoms with van der Waals surface area (Å²) >= 11 is 7.42. The maximum atomic E-state index is 11.1. The normalized spacial score (nSPS) is 20.4. The van der Waals surface area contributed by atoms with Gasteiger partial charge in [-0.05, 0) is 30.0 Å². The highest BCUT2D eigenvalue weighted by Gasteiger charge is 2.24. The Labute approximate surface area is 105 Å². The Morgan fingerprint density at radius 2 is 2.31 bits per heavy atom. The first kappa shape index (κ1) is 12.0. The molecule has 1 aliphatic heterocycles. The van der Waals surface area contributed by atoms with E-state index in [1.807, 2.05) is 18.2 Å². The highest BCUT2D eigenvalue weighted by atomic mass is 35.5. The third kappa shape index (κ3) is 2.59. The van der Waals surface area contributed by atoms with Crippen LogP contribution in [-0.2, 0) is 4.79 Å². The minimum Gasteiger partial charge on any atom is -0.303 e. The number of carbonyl (C=O) groups excluding carboxylic acids is 1. The average molecular weight is 256 g/mol. The lowest BCUT2D eigenvalue weighted by molar-refractivity contribution is -0.109. The van der Waals surface area contributed by atoms with Crippen molar-refractivity contribution in [2.24, 2.45) is 0 Å². The maximum Gasteiger partial charge on any atom is 0.128 e. The van der Waals surface area contributed by atoms with Gasteiger partial charge in [-0.1, -0.05) is 18.2 Å². The molecule has 1 aromatic carbocycles. The fourth-order valence-corrected chi connectivity index (χ4v) is 3.17. The third-order valence-electron chi connectivity index (χ3n) is 2.65. The molecule has 0 amide bonds. The molecule has 2 rings (SSSR count). The van der Waals surface area contributed by atoms with Crippen molar-refractivity contribution in [3.8, 4) is 0 Å². The quantitative estimate of drug-likeness (QED) is 0.469. The Morgan fingerprint density at radius 3 is 3.06 bits per heavy atom. The van der Waals surface area contributed by atoms with Crippen LogP contribution in [0.5, 0.6) is 0 Å². The highest BCUT2D eigenvalue weighted by molar-refractivity contribution is 7.97. The molecule has 0 aliphatic carbocycles. The summed E-state index contributed by atoms with van der Waals surface area (Å²) in [6, 6.07) is 8.12. The Morgan fingerprint density at radius 1 is 1.50 bits per heavy atom.